The minimum absolute atomic E-state index is 0.0537. The smallest absolute Gasteiger partial charge is 0.271 e. The van der Waals surface area contributed by atoms with E-state index in [0.29, 0.717) is 31.7 Å². The van der Waals surface area contributed by atoms with Gasteiger partial charge in [0.05, 0.1) is 5.69 Å². The Balaban J connectivity index is 1.42. The molecule has 2 heterocycles. The van der Waals surface area contributed by atoms with Crippen molar-refractivity contribution in [3.05, 3.63) is 82.6 Å². The Bertz CT molecular complexity index is 1100. The highest BCUT2D eigenvalue weighted by molar-refractivity contribution is 5.94. The van der Waals surface area contributed by atoms with Crippen molar-refractivity contribution >= 4 is 17.4 Å². The molecule has 4 rings (SSSR count). The summed E-state index contributed by atoms with van der Waals surface area (Å²) in [5.74, 6) is 0.794. The first-order valence-electron chi connectivity index (χ1n) is 11.2. The zero-order chi connectivity index (χ0) is 22.5. The van der Waals surface area contributed by atoms with E-state index < -0.39 is 0 Å². The number of rotatable bonds is 6. The summed E-state index contributed by atoms with van der Waals surface area (Å²) in [5, 5.41) is 4.56. The number of hydrogen-bond donors (Lipinski definition) is 0. The lowest BCUT2D eigenvalue weighted by Gasteiger charge is -2.35. The van der Waals surface area contributed by atoms with Gasteiger partial charge in [-0.1, -0.05) is 18.2 Å². The number of carbonyl (C=O) groups is 1. The normalized spacial score (nSPS) is 13.8. The van der Waals surface area contributed by atoms with E-state index in [-0.39, 0.29) is 11.5 Å². The number of piperazine rings is 1. The Labute approximate surface area is 188 Å². The molecule has 7 nitrogen and oxygen atoms in total. The predicted octanol–water partition coefficient (Wildman–Crippen LogP) is 3.04. The molecule has 0 N–H and O–H groups in total. The molecule has 32 heavy (non-hydrogen) atoms. The maximum atomic E-state index is 13.0. The topological polar surface area (TPSA) is 61.7 Å². The lowest BCUT2D eigenvalue weighted by molar-refractivity contribution is 0.0746. The van der Waals surface area contributed by atoms with Gasteiger partial charge in [-0.2, -0.15) is 4.68 Å². The predicted molar refractivity (Wildman–Crippen MR) is 128 cm³/mol. The highest BCUT2D eigenvalue weighted by atomic mass is 16.2. The van der Waals surface area contributed by atoms with Crippen molar-refractivity contribution in [2.24, 2.45) is 0 Å². The van der Waals surface area contributed by atoms with Crippen molar-refractivity contribution < 1.29 is 4.79 Å². The van der Waals surface area contributed by atoms with Crippen molar-refractivity contribution in [1.82, 2.24) is 14.7 Å². The first kappa shape index (κ1) is 21.6. The van der Waals surface area contributed by atoms with Crippen LogP contribution >= 0.6 is 0 Å². The summed E-state index contributed by atoms with van der Waals surface area (Å²) in [5.41, 5.74) is 2.42. The first-order valence-corrected chi connectivity index (χ1v) is 11.2. The zero-order valence-electron chi connectivity index (χ0n) is 18.6. The summed E-state index contributed by atoms with van der Waals surface area (Å²) in [6.45, 7) is 8.71. The summed E-state index contributed by atoms with van der Waals surface area (Å²) < 4.78 is 1.42. The van der Waals surface area contributed by atoms with Crippen molar-refractivity contribution in [3.63, 3.8) is 0 Å². The summed E-state index contributed by atoms with van der Waals surface area (Å²) >= 11 is 0. The van der Waals surface area contributed by atoms with Gasteiger partial charge in [0.2, 0.25) is 0 Å². The number of carbonyl (C=O) groups excluding carboxylic acids is 1. The highest BCUT2D eigenvalue weighted by Crippen LogP contribution is 2.18. The first-order chi connectivity index (χ1) is 15.6. The number of aromatic nitrogens is 2. The van der Waals surface area contributed by atoms with Crippen LogP contribution in [0.2, 0.25) is 0 Å². The molecular weight excluding hydrogens is 402 g/mol. The maximum Gasteiger partial charge on any atom is 0.271 e. The second-order valence-corrected chi connectivity index (χ2v) is 7.78. The zero-order valence-corrected chi connectivity index (χ0v) is 18.6. The minimum Gasteiger partial charge on any atom is -0.372 e. The van der Waals surface area contributed by atoms with Gasteiger partial charge in [-0.3, -0.25) is 9.59 Å². The number of nitrogens with zero attached hydrogens (tertiary/aromatic N) is 5. The van der Waals surface area contributed by atoms with Gasteiger partial charge in [0.15, 0.2) is 0 Å². The molecule has 1 aromatic heterocycles. The van der Waals surface area contributed by atoms with Gasteiger partial charge in [-0.05, 0) is 56.3 Å². The van der Waals surface area contributed by atoms with E-state index in [0.717, 1.165) is 30.3 Å². The van der Waals surface area contributed by atoms with Gasteiger partial charge in [0, 0.05) is 56.6 Å². The molecule has 0 spiro atoms. The van der Waals surface area contributed by atoms with Crippen molar-refractivity contribution in [2.75, 3.05) is 49.1 Å². The van der Waals surface area contributed by atoms with Crippen LogP contribution in [-0.2, 0) is 0 Å². The van der Waals surface area contributed by atoms with Crippen LogP contribution in [0, 0.1) is 0 Å². The second-order valence-electron chi connectivity index (χ2n) is 7.78. The number of anilines is 2. The molecule has 0 saturated carbocycles. The van der Waals surface area contributed by atoms with Crippen molar-refractivity contribution in [3.8, 4) is 5.69 Å². The third-order valence-corrected chi connectivity index (χ3v) is 5.92. The fraction of sp³-hybridized carbons (Fsp3) is 0.320. The van der Waals surface area contributed by atoms with Crippen LogP contribution in [0.15, 0.2) is 71.5 Å². The van der Waals surface area contributed by atoms with Gasteiger partial charge < -0.3 is 14.7 Å². The molecule has 1 fully saturated rings. The number of hydrogen-bond acceptors (Lipinski definition) is 5. The quantitative estimate of drug-likeness (QED) is 0.600. The molecule has 166 valence electrons. The van der Waals surface area contributed by atoms with Gasteiger partial charge in [-0.25, -0.2) is 0 Å². The summed E-state index contributed by atoms with van der Waals surface area (Å²) in [7, 11) is 0. The lowest BCUT2D eigenvalue weighted by Crippen LogP contribution is -2.49. The monoisotopic (exact) mass is 431 g/mol. The molecule has 2 aromatic carbocycles. The molecular formula is C25H29N5O2. The van der Waals surface area contributed by atoms with Crippen LogP contribution in [0.5, 0.6) is 0 Å². The Morgan fingerprint density at radius 3 is 2.16 bits per heavy atom. The van der Waals surface area contributed by atoms with Crippen LogP contribution in [0.4, 0.5) is 11.5 Å². The van der Waals surface area contributed by atoms with E-state index in [2.05, 4.69) is 28.7 Å². The van der Waals surface area contributed by atoms with Crippen LogP contribution in [-0.4, -0.2) is 59.9 Å². The molecule has 7 heteroatoms. The standard InChI is InChI=1S/C25H29N5O2/c1-3-27(4-2)21-12-10-20(11-13-21)25(32)29-18-16-28(17-19-29)23-14-15-24(31)30(26-23)22-8-6-5-7-9-22/h5-15H,3-4,16-19H2,1-2H3. The summed E-state index contributed by atoms with van der Waals surface area (Å²) in [6, 6.07) is 20.6. The van der Waals surface area contributed by atoms with Gasteiger partial charge in [0.1, 0.15) is 5.82 Å². The SMILES string of the molecule is CCN(CC)c1ccc(C(=O)N2CCN(c3ccc(=O)n(-c4ccccc4)n3)CC2)cc1. The fourth-order valence-corrected chi connectivity index (χ4v) is 4.05. The van der Waals surface area contributed by atoms with Crippen molar-refractivity contribution in [1.29, 1.82) is 0 Å². The summed E-state index contributed by atoms with van der Waals surface area (Å²) in [4.78, 5) is 31.5. The Morgan fingerprint density at radius 2 is 1.53 bits per heavy atom. The van der Waals surface area contributed by atoms with E-state index in [1.54, 1.807) is 12.1 Å². The molecule has 1 saturated heterocycles. The number of benzene rings is 2. The average Bonchev–Trinajstić information content (AvgIpc) is 2.86. The molecule has 0 atom stereocenters. The molecule has 0 unspecified atom stereocenters. The van der Waals surface area contributed by atoms with E-state index >= 15 is 0 Å². The van der Waals surface area contributed by atoms with Crippen molar-refractivity contribution in [2.45, 2.75) is 13.8 Å². The Kier molecular flexibility index (Phi) is 6.54. The molecule has 1 aliphatic rings. The third kappa shape index (κ3) is 4.51. The van der Waals surface area contributed by atoms with Gasteiger partial charge in [0.25, 0.3) is 11.5 Å². The number of amides is 1. The van der Waals surface area contributed by atoms with Crippen LogP contribution in [0.1, 0.15) is 24.2 Å². The summed E-state index contributed by atoms with van der Waals surface area (Å²) in [6.07, 6.45) is 0. The van der Waals surface area contributed by atoms with E-state index in [1.807, 2.05) is 59.5 Å². The van der Waals surface area contributed by atoms with Gasteiger partial charge >= 0.3 is 0 Å². The molecule has 1 aliphatic heterocycles. The molecule has 3 aromatic rings. The average molecular weight is 432 g/mol. The number of para-hydroxylation sites is 1. The maximum absolute atomic E-state index is 13.0. The lowest BCUT2D eigenvalue weighted by atomic mass is 10.1. The van der Waals surface area contributed by atoms with Crippen LogP contribution in [0.25, 0.3) is 5.69 Å². The molecule has 0 radical (unpaired) electrons. The second kappa shape index (κ2) is 9.68. The third-order valence-electron chi connectivity index (χ3n) is 5.92. The Hall–Kier alpha value is -3.61. The Morgan fingerprint density at radius 1 is 0.875 bits per heavy atom. The fourth-order valence-electron chi connectivity index (χ4n) is 4.05. The van der Waals surface area contributed by atoms with Gasteiger partial charge in [-0.15, -0.1) is 5.10 Å². The minimum atomic E-state index is -0.165. The van der Waals surface area contributed by atoms with Crippen LogP contribution < -0.4 is 15.4 Å². The van der Waals surface area contributed by atoms with Crippen LogP contribution in [0.3, 0.4) is 0 Å². The highest BCUT2D eigenvalue weighted by Gasteiger charge is 2.23. The largest absolute Gasteiger partial charge is 0.372 e. The van der Waals surface area contributed by atoms with E-state index in [1.165, 1.54) is 4.68 Å². The van der Waals surface area contributed by atoms with E-state index in [9.17, 15) is 9.59 Å². The molecule has 1 amide bonds. The molecule has 0 bridgehead atoms. The molecule has 0 aliphatic carbocycles. The van der Waals surface area contributed by atoms with E-state index in [4.69, 9.17) is 0 Å².